The Balaban J connectivity index is 2.43. The van der Waals surface area contributed by atoms with E-state index in [-0.39, 0.29) is 24.3 Å². The van der Waals surface area contributed by atoms with Crippen molar-refractivity contribution in [2.24, 2.45) is 0 Å². The first-order valence-corrected chi connectivity index (χ1v) is 6.29. The number of nitrogens with one attached hydrogen (secondary N) is 2. The smallest absolute Gasteiger partial charge is 0.234 e. The summed E-state index contributed by atoms with van der Waals surface area (Å²) in [5.74, 6) is -0.374. The maximum atomic E-state index is 13.4. The van der Waals surface area contributed by atoms with E-state index in [1.54, 1.807) is 20.1 Å². The molecule has 1 amide bonds. The lowest BCUT2D eigenvalue weighted by atomic mass is 10.1. The molecule has 0 spiro atoms. The molecule has 0 bridgehead atoms. The monoisotopic (exact) mass is 268 g/mol. The zero-order chi connectivity index (χ0) is 14.3. The zero-order valence-corrected chi connectivity index (χ0v) is 11.6. The van der Waals surface area contributed by atoms with Crippen LogP contribution in [0.5, 0.6) is 0 Å². The van der Waals surface area contributed by atoms with Gasteiger partial charge in [0.25, 0.3) is 0 Å². The van der Waals surface area contributed by atoms with Crippen LogP contribution in [-0.2, 0) is 9.53 Å². The summed E-state index contributed by atoms with van der Waals surface area (Å²) >= 11 is 0. The van der Waals surface area contributed by atoms with Crippen molar-refractivity contribution in [3.63, 3.8) is 0 Å². The highest BCUT2D eigenvalue weighted by atomic mass is 19.1. The first-order valence-electron chi connectivity index (χ1n) is 6.29. The van der Waals surface area contributed by atoms with Gasteiger partial charge in [0.2, 0.25) is 5.91 Å². The molecule has 1 rings (SSSR count). The van der Waals surface area contributed by atoms with Crippen LogP contribution in [0.1, 0.15) is 24.1 Å². The van der Waals surface area contributed by atoms with Gasteiger partial charge < -0.3 is 15.4 Å². The minimum atomic E-state index is -0.253. The summed E-state index contributed by atoms with van der Waals surface area (Å²) in [7, 11) is 1.61. The summed E-state index contributed by atoms with van der Waals surface area (Å²) < 4.78 is 18.3. The maximum Gasteiger partial charge on any atom is 0.234 e. The molecular formula is C14H21FN2O2. The number of aryl methyl sites for hydroxylation is 1. The van der Waals surface area contributed by atoms with E-state index in [1.807, 2.05) is 13.0 Å². The average Bonchev–Trinajstić information content (AvgIpc) is 2.38. The number of amides is 1. The minimum absolute atomic E-state index is 0.121. The fourth-order valence-corrected chi connectivity index (χ4v) is 1.63. The van der Waals surface area contributed by atoms with Gasteiger partial charge in [-0.05, 0) is 31.0 Å². The summed E-state index contributed by atoms with van der Waals surface area (Å²) in [6.07, 6.45) is 0. The van der Waals surface area contributed by atoms with Crippen LogP contribution in [0.25, 0.3) is 0 Å². The third kappa shape index (κ3) is 5.36. The van der Waals surface area contributed by atoms with Gasteiger partial charge in [-0.3, -0.25) is 4.79 Å². The number of rotatable bonds is 7. The first kappa shape index (κ1) is 15.6. The van der Waals surface area contributed by atoms with Gasteiger partial charge in [0.05, 0.1) is 19.2 Å². The van der Waals surface area contributed by atoms with Crippen molar-refractivity contribution in [1.82, 2.24) is 10.6 Å². The Kier molecular flexibility index (Phi) is 6.45. The van der Waals surface area contributed by atoms with Crippen molar-refractivity contribution in [2.75, 3.05) is 26.8 Å². The van der Waals surface area contributed by atoms with Crippen molar-refractivity contribution in [3.8, 4) is 0 Å². The van der Waals surface area contributed by atoms with E-state index in [9.17, 15) is 9.18 Å². The van der Waals surface area contributed by atoms with Crippen LogP contribution >= 0.6 is 0 Å². The van der Waals surface area contributed by atoms with E-state index < -0.39 is 0 Å². The number of hydrogen-bond donors (Lipinski definition) is 2. The Morgan fingerprint density at radius 3 is 2.84 bits per heavy atom. The van der Waals surface area contributed by atoms with Gasteiger partial charge in [-0.1, -0.05) is 12.1 Å². The third-order valence-electron chi connectivity index (χ3n) is 2.84. The standard InChI is InChI=1S/C14H21FN2O2/c1-10-4-5-12(8-13(10)15)11(2)17-14(18)9-16-6-7-19-3/h4-5,8,11,16H,6-7,9H2,1-3H3,(H,17,18). The normalized spacial score (nSPS) is 12.2. The molecular weight excluding hydrogens is 247 g/mol. The number of carbonyl (C=O) groups is 1. The van der Waals surface area contributed by atoms with Crippen LogP contribution in [-0.4, -0.2) is 32.7 Å². The van der Waals surface area contributed by atoms with Gasteiger partial charge >= 0.3 is 0 Å². The Labute approximate surface area is 113 Å². The Morgan fingerprint density at radius 1 is 1.47 bits per heavy atom. The molecule has 0 saturated heterocycles. The molecule has 0 fully saturated rings. The van der Waals surface area contributed by atoms with E-state index >= 15 is 0 Å². The largest absolute Gasteiger partial charge is 0.383 e. The maximum absolute atomic E-state index is 13.4. The van der Waals surface area contributed by atoms with Crippen molar-refractivity contribution < 1.29 is 13.9 Å². The van der Waals surface area contributed by atoms with Crippen LogP contribution < -0.4 is 10.6 Å². The molecule has 0 aliphatic heterocycles. The highest BCUT2D eigenvalue weighted by molar-refractivity contribution is 5.78. The van der Waals surface area contributed by atoms with E-state index in [1.165, 1.54) is 6.07 Å². The summed E-state index contributed by atoms with van der Waals surface area (Å²) in [4.78, 5) is 11.6. The van der Waals surface area contributed by atoms with Crippen LogP contribution in [0, 0.1) is 12.7 Å². The summed E-state index contributed by atoms with van der Waals surface area (Å²) in [5.41, 5.74) is 1.36. The Bertz CT molecular complexity index is 424. The lowest BCUT2D eigenvalue weighted by Crippen LogP contribution is -2.36. The number of hydrogen-bond acceptors (Lipinski definition) is 3. The molecule has 106 valence electrons. The molecule has 0 radical (unpaired) electrons. The fourth-order valence-electron chi connectivity index (χ4n) is 1.63. The quantitative estimate of drug-likeness (QED) is 0.738. The van der Waals surface area contributed by atoms with Gasteiger partial charge in [0, 0.05) is 13.7 Å². The third-order valence-corrected chi connectivity index (χ3v) is 2.84. The number of halogens is 1. The predicted octanol–water partition coefficient (Wildman–Crippen LogP) is 1.55. The molecule has 0 aliphatic carbocycles. The Morgan fingerprint density at radius 2 is 2.21 bits per heavy atom. The van der Waals surface area contributed by atoms with Gasteiger partial charge in [-0.25, -0.2) is 4.39 Å². The average molecular weight is 268 g/mol. The molecule has 1 unspecified atom stereocenters. The summed E-state index contributed by atoms with van der Waals surface area (Å²) in [6.45, 7) is 4.95. The molecule has 19 heavy (non-hydrogen) atoms. The van der Waals surface area contributed by atoms with E-state index in [4.69, 9.17) is 4.74 Å². The van der Waals surface area contributed by atoms with E-state index in [0.717, 1.165) is 5.56 Å². The molecule has 4 nitrogen and oxygen atoms in total. The van der Waals surface area contributed by atoms with Crippen molar-refractivity contribution >= 4 is 5.91 Å². The summed E-state index contributed by atoms with van der Waals surface area (Å²) in [5, 5.41) is 5.76. The minimum Gasteiger partial charge on any atom is -0.383 e. The molecule has 0 aromatic heterocycles. The molecule has 2 N–H and O–H groups in total. The van der Waals surface area contributed by atoms with Crippen molar-refractivity contribution in [1.29, 1.82) is 0 Å². The van der Waals surface area contributed by atoms with Crippen LogP contribution in [0.15, 0.2) is 18.2 Å². The summed E-state index contributed by atoms with van der Waals surface area (Å²) in [6, 6.07) is 4.77. The van der Waals surface area contributed by atoms with Gasteiger partial charge in [0.1, 0.15) is 5.82 Å². The lowest BCUT2D eigenvalue weighted by molar-refractivity contribution is -0.120. The number of methoxy groups -OCH3 is 1. The fraction of sp³-hybridized carbons (Fsp3) is 0.500. The lowest BCUT2D eigenvalue weighted by Gasteiger charge is -2.15. The predicted molar refractivity (Wildman–Crippen MR) is 72.4 cm³/mol. The highest BCUT2D eigenvalue weighted by Crippen LogP contribution is 2.15. The van der Waals surface area contributed by atoms with E-state index in [2.05, 4.69) is 10.6 Å². The second-order valence-electron chi connectivity index (χ2n) is 4.47. The second-order valence-corrected chi connectivity index (χ2v) is 4.47. The van der Waals surface area contributed by atoms with Crippen molar-refractivity contribution in [2.45, 2.75) is 19.9 Å². The van der Waals surface area contributed by atoms with Crippen LogP contribution in [0.3, 0.4) is 0 Å². The SMILES string of the molecule is COCCNCC(=O)NC(C)c1ccc(C)c(F)c1. The molecule has 1 aromatic carbocycles. The Hall–Kier alpha value is -1.46. The molecule has 0 saturated carbocycles. The van der Waals surface area contributed by atoms with Crippen molar-refractivity contribution in [3.05, 3.63) is 35.1 Å². The first-order chi connectivity index (χ1) is 9.04. The molecule has 0 heterocycles. The van der Waals surface area contributed by atoms with Gasteiger partial charge in [0.15, 0.2) is 0 Å². The number of ether oxygens (including phenoxy) is 1. The molecule has 1 aromatic rings. The van der Waals surface area contributed by atoms with Gasteiger partial charge in [-0.2, -0.15) is 0 Å². The second kappa shape index (κ2) is 7.86. The highest BCUT2D eigenvalue weighted by Gasteiger charge is 2.10. The molecule has 0 aliphatic rings. The van der Waals surface area contributed by atoms with Crippen LogP contribution in [0.4, 0.5) is 4.39 Å². The topological polar surface area (TPSA) is 50.4 Å². The molecule has 5 heteroatoms. The molecule has 1 atom stereocenters. The van der Waals surface area contributed by atoms with Crippen LogP contribution in [0.2, 0.25) is 0 Å². The van der Waals surface area contributed by atoms with E-state index in [0.29, 0.717) is 18.7 Å². The number of carbonyl (C=O) groups excluding carboxylic acids is 1. The number of benzene rings is 1. The van der Waals surface area contributed by atoms with Gasteiger partial charge in [-0.15, -0.1) is 0 Å². The zero-order valence-electron chi connectivity index (χ0n) is 11.6.